The SMILES string of the molecule is Nc1cccc(-c2cccc(N3CCCC3C(=O)O)n2)c1. The number of rotatable bonds is 3. The van der Waals surface area contributed by atoms with Gasteiger partial charge in [-0.25, -0.2) is 9.78 Å². The molecule has 3 N–H and O–H groups in total. The Balaban J connectivity index is 1.95. The summed E-state index contributed by atoms with van der Waals surface area (Å²) in [6, 6.07) is 12.7. The van der Waals surface area contributed by atoms with Gasteiger partial charge < -0.3 is 15.7 Å². The van der Waals surface area contributed by atoms with E-state index in [4.69, 9.17) is 5.73 Å². The molecule has 5 nitrogen and oxygen atoms in total. The number of carbonyl (C=O) groups is 1. The largest absolute Gasteiger partial charge is 0.480 e. The van der Waals surface area contributed by atoms with Crippen molar-refractivity contribution in [2.24, 2.45) is 0 Å². The highest BCUT2D eigenvalue weighted by Gasteiger charge is 2.31. The Morgan fingerprint density at radius 1 is 1.29 bits per heavy atom. The molecular formula is C16H17N3O2. The zero-order valence-corrected chi connectivity index (χ0v) is 11.6. The average Bonchev–Trinajstić information content (AvgIpc) is 2.97. The molecule has 5 heteroatoms. The van der Waals surface area contributed by atoms with Crippen molar-refractivity contribution in [3.63, 3.8) is 0 Å². The lowest BCUT2D eigenvalue weighted by atomic mass is 10.1. The van der Waals surface area contributed by atoms with Crippen LogP contribution in [0.2, 0.25) is 0 Å². The third kappa shape index (κ3) is 2.67. The molecule has 1 aromatic heterocycles. The summed E-state index contributed by atoms with van der Waals surface area (Å²) < 4.78 is 0. The van der Waals surface area contributed by atoms with E-state index >= 15 is 0 Å². The van der Waals surface area contributed by atoms with Gasteiger partial charge in [0.1, 0.15) is 11.9 Å². The van der Waals surface area contributed by atoms with Crippen molar-refractivity contribution in [1.29, 1.82) is 0 Å². The van der Waals surface area contributed by atoms with Crippen molar-refractivity contribution >= 4 is 17.5 Å². The predicted molar refractivity (Wildman–Crippen MR) is 82.1 cm³/mol. The Labute approximate surface area is 123 Å². The fraction of sp³-hybridized carbons (Fsp3) is 0.250. The second-order valence-corrected chi connectivity index (χ2v) is 5.20. The number of carboxylic acid groups (broad SMARTS) is 1. The molecule has 1 fully saturated rings. The molecule has 2 heterocycles. The Bertz CT molecular complexity index is 672. The first-order chi connectivity index (χ1) is 10.1. The summed E-state index contributed by atoms with van der Waals surface area (Å²) in [6.07, 6.45) is 1.54. The Kier molecular flexibility index (Phi) is 3.48. The molecule has 0 spiro atoms. The monoisotopic (exact) mass is 283 g/mol. The number of nitrogen functional groups attached to an aromatic ring is 1. The normalized spacial score (nSPS) is 17.9. The van der Waals surface area contributed by atoms with Crippen molar-refractivity contribution < 1.29 is 9.90 Å². The first kappa shape index (κ1) is 13.4. The average molecular weight is 283 g/mol. The quantitative estimate of drug-likeness (QED) is 0.845. The standard InChI is InChI=1S/C16H17N3O2/c17-12-5-1-4-11(10-12)13-6-2-8-15(18-13)19-9-3-7-14(19)16(20)21/h1-2,4-6,8,10,14H,3,7,9,17H2,(H,20,21). The van der Waals surface area contributed by atoms with E-state index in [0.717, 1.165) is 24.2 Å². The van der Waals surface area contributed by atoms with Crippen LogP contribution in [0.1, 0.15) is 12.8 Å². The third-order valence-electron chi connectivity index (χ3n) is 3.75. The van der Waals surface area contributed by atoms with Gasteiger partial charge in [-0.15, -0.1) is 0 Å². The van der Waals surface area contributed by atoms with E-state index in [1.807, 2.05) is 47.4 Å². The van der Waals surface area contributed by atoms with Gasteiger partial charge in [0.25, 0.3) is 0 Å². The van der Waals surface area contributed by atoms with Crippen molar-refractivity contribution in [2.75, 3.05) is 17.2 Å². The number of nitrogens with two attached hydrogens (primary N) is 1. The number of hydrogen-bond acceptors (Lipinski definition) is 4. The molecule has 108 valence electrons. The molecule has 1 atom stereocenters. The van der Waals surface area contributed by atoms with Crippen molar-refractivity contribution in [1.82, 2.24) is 4.98 Å². The summed E-state index contributed by atoms with van der Waals surface area (Å²) in [6.45, 7) is 0.727. The number of benzene rings is 1. The topological polar surface area (TPSA) is 79.5 Å². The number of hydrogen-bond donors (Lipinski definition) is 2. The number of carboxylic acids is 1. The molecule has 0 bridgehead atoms. The summed E-state index contributed by atoms with van der Waals surface area (Å²) in [4.78, 5) is 17.8. The van der Waals surface area contributed by atoms with Gasteiger partial charge >= 0.3 is 5.97 Å². The molecule has 21 heavy (non-hydrogen) atoms. The molecule has 0 amide bonds. The smallest absolute Gasteiger partial charge is 0.326 e. The Morgan fingerprint density at radius 3 is 2.86 bits per heavy atom. The molecule has 1 unspecified atom stereocenters. The van der Waals surface area contributed by atoms with Crippen LogP contribution in [0.5, 0.6) is 0 Å². The van der Waals surface area contributed by atoms with E-state index in [2.05, 4.69) is 4.98 Å². The number of nitrogens with zero attached hydrogens (tertiary/aromatic N) is 2. The van der Waals surface area contributed by atoms with Crippen LogP contribution in [0, 0.1) is 0 Å². The highest BCUT2D eigenvalue weighted by molar-refractivity contribution is 5.78. The maximum atomic E-state index is 11.3. The van der Waals surface area contributed by atoms with Crippen molar-refractivity contribution in [2.45, 2.75) is 18.9 Å². The van der Waals surface area contributed by atoms with Crippen molar-refractivity contribution in [3.05, 3.63) is 42.5 Å². The first-order valence-electron chi connectivity index (χ1n) is 6.97. The van der Waals surface area contributed by atoms with Crippen LogP contribution >= 0.6 is 0 Å². The maximum absolute atomic E-state index is 11.3. The Morgan fingerprint density at radius 2 is 2.10 bits per heavy atom. The number of pyridine rings is 1. The van der Waals surface area contributed by atoms with Crippen LogP contribution in [0.25, 0.3) is 11.3 Å². The van der Waals surface area contributed by atoms with Gasteiger partial charge in [-0.2, -0.15) is 0 Å². The zero-order valence-electron chi connectivity index (χ0n) is 11.6. The van der Waals surface area contributed by atoms with E-state index in [0.29, 0.717) is 17.9 Å². The second-order valence-electron chi connectivity index (χ2n) is 5.20. The van der Waals surface area contributed by atoms with E-state index < -0.39 is 12.0 Å². The summed E-state index contributed by atoms with van der Waals surface area (Å²) in [5, 5.41) is 9.28. The molecule has 1 saturated heterocycles. The fourth-order valence-electron chi connectivity index (χ4n) is 2.74. The van der Waals surface area contributed by atoms with E-state index in [1.54, 1.807) is 0 Å². The fourth-order valence-corrected chi connectivity index (χ4v) is 2.74. The minimum atomic E-state index is -0.788. The molecule has 0 saturated carbocycles. The van der Waals surface area contributed by atoms with Gasteiger partial charge in [-0.1, -0.05) is 18.2 Å². The Hall–Kier alpha value is -2.56. The lowest BCUT2D eigenvalue weighted by molar-refractivity contribution is -0.138. The predicted octanol–water partition coefficient (Wildman–Crippen LogP) is 2.38. The number of aromatic nitrogens is 1. The van der Waals surface area contributed by atoms with E-state index in [9.17, 15) is 9.90 Å². The van der Waals surface area contributed by atoms with Crippen LogP contribution in [-0.4, -0.2) is 28.6 Å². The molecule has 1 aliphatic heterocycles. The van der Waals surface area contributed by atoms with Gasteiger partial charge in [0.15, 0.2) is 0 Å². The minimum absolute atomic E-state index is 0.478. The summed E-state index contributed by atoms with van der Waals surface area (Å²) in [5.74, 6) is -0.0801. The first-order valence-corrected chi connectivity index (χ1v) is 6.97. The van der Waals surface area contributed by atoms with Crippen molar-refractivity contribution in [3.8, 4) is 11.3 Å². The third-order valence-corrected chi connectivity index (χ3v) is 3.75. The van der Waals surface area contributed by atoms with Crippen LogP contribution in [-0.2, 0) is 4.79 Å². The number of anilines is 2. The second kappa shape index (κ2) is 5.44. The van der Waals surface area contributed by atoms with Crippen LogP contribution < -0.4 is 10.6 Å². The lowest BCUT2D eigenvalue weighted by Gasteiger charge is -2.22. The number of aliphatic carboxylic acids is 1. The van der Waals surface area contributed by atoms with E-state index in [-0.39, 0.29) is 0 Å². The van der Waals surface area contributed by atoms with Gasteiger partial charge in [0.05, 0.1) is 5.69 Å². The molecule has 1 aromatic carbocycles. The zero-order chi connectivity index (χ0) is 14.8. The highest BCUT2D eigenvalue weighted by atomic mass is 16.4. The van der Waals surface area contributed by atoms with Crippen LogP contribution in [0.15, 0.2) is 42.5 Å². The minimum Gasteiger partial charge on any atom is -0.480 e. The molecule has 3 rings (SSSR count). The lowest BCUT2D eigenvalue weighted by Crippen LogP contribution is -2.36. The summed E-state index contributed by atoms with van der Waals surface area (Å²) >= 11 is 0. The van der Waals surface area contributed by atoms with Crippen LogP contribution in [0.3, 0.4) is 0 Å². The van der Waals surface area contributed by atoms with Gasteiger partial charge in [-0.3, -0.25) is 0 Å². The summed E-state index contributed by atoms with van der Waals surface area (Å²) in [5.41, 5.74) is 8.22. The highest BCUT2D eigenvalue weighted by Crippen LogP contribution is 2.27. The van der Waals surface area contributed by atoms with Crippen LogP contribution in [0.4, 0.5) is 11.5 Å². The van der Waals surface area contributed by atoms with E-state index in [1.165, 1.54) is 0 Å². The van der Waals surface area contributed by atoms with Gasteiger partial charge in [0, 0.05) is 17.8 Å². The molecular weight excluding hydrogens is 266 g/mol. The van der Waals surface area contributed by atoms with Gasteiger partial charge in [-0.05, 0) is 37.1 Å². The van der Waals surface area contributed by atoms with Gasteiger partial charge in [0.2, 0.25) is 0 Å². The maximum Gasteiger partial charge on any atom is 0.326 e. The molecule has 0 aliphatic carbocycles. The molecule has 1 aliphatic rings. The summed E-state index contributed by atoms with van der Waals surface area (Å²) in [7, 11) is 0. The molecule has 2 aromatic rings. The molecule has 0 radical (unpaired) electrons.